The zero-order valence-corrected chi connectivity index (χ0v) is 14.8. The van der Waals surface area contributed by atoms with Gasteiger partial charge in [0.1, 0.15) is 24.4 Å². The molecule has 2 unspecified atom stereocenters. The van der Waals surface area contributed by atoms with E-state index in [-0.39, 0.29) is 12.5 Å². The molecule has 1 aliphatic heterocycles. The Balaban J connectivity index is 2.69. The maximum atomic E-state index is 12.4. The van der Waals surface area contributed by atoms with Gasteiger partial charge in [-0.1, -0.05) is 0 Å². The molecular formula is C16H30N2O5. The normalized spacial score (nSPS) is 18.7. The van der Waals surface area contributed by atoms with Crippen LogP contribution in [-0.2, 0) is 19.1 Å². The van der Waals surface area contributed by atoms with E-state index in [1.54, 1.807) is 25.7 Å². The number of rotatable bonds is 6. The number of carbonyl (C=O) groups is 2. The minimum absolute atomic E-state index is 0.265. The van der Waals surface area contributed by atoms with Gasteiger partial charge in [-0.05, 0) is 47.5 Å². The fourth-order valence-corrected chi connectivity index (χ4v) is 2.55. The number of hydrogen-bond donors (Lipinski definition) is 2. The van der Waals surface area contributed by atoms with Gasteiger partial charge >= 0.3 is 5.97 Å². The summed E-state index contributed by atoms with van der Waals surface area (Å²) in [4.78, 5) is 25.8. The zero-order valence-electron chi connectivity index (χ0n) is 14.8. The number of likely N-dealkylation sites (tertiary alicyclic amines) is 1. The Hall–Kier alpha value is -1.18. The van der Waals surface area contributed by atoms with Crippen molar-refractivity contribution < 1.29 is 24.2 Å². The molecule has 0 aromatic rings. The largest absolute Gasteiger partial charge is 0.458 e. The molecule has 3 N–H and O–H groups in total. The fraction of sp³-hybridized carbons (Fsp3) is 0.875. The van der Waals surface area contributed by atoms with Crippen LogP contribution in [0.3, 0.4) is 0 Å². The molecule has 1 heterocycles. The lowest BCUT2D eigenvalue weighted by atomic mass is 9.94. The molecule has 0 aromatic heterocycles. The molecule has 7 heteroatoms. The van der Waals surface area contributed by atoms with Crippen molar-refractivity contribution >= 4 is 11.9 Å². The van der Waals surface area contributed by atoms with Gasteiger partial charge in [0.15, 0.2) is 0 Å². The van der Waals surface area contributed by atoms with Gasteiger partial charge in [-0.15, -0.1) is 0 Å². The van der Waals surface area contributed by atoms with Crippen molar-refractivity contribution in [3.05, 3.63) is 0 Å². The van der Waals surface area contributed by atoms with E-state index in [4.69, 9.17) is 15.2 Å². The van der Waals surface area contributed by atoms with Crippen molar-refractivity contribution in [2.75, 3.05) is 19.7 Å². The Bertz CT molecular complexity index is 419. The van der Waals surface area contributed by atoms with Crippen LogP contribution < -0.4 is 5.73 Å². The third kappa shape index (κ3) is 6.45. The highest BCUT2D eigenvalue weighted by Crippen LogP contribution is 2.19. The van der Waals surface area contributed by atoms with E-state index in [9.17, 15) is 14.7 Å². The molecule has 0 bridgehead atoms. The van der Waals surface area contributed by atoms with Crippen LogP contribution in [0.25, 0.3) is 0 Å². The summed E-state index contributed by atoms with van der Waals surface area (Å²) in [6.07, 6.45) is 0.901. The lowest BCUT2D eigenvalue weighted by Crippen LogP contribution is -2.58. The number of aliphatic hydroxyl groups is 1. The summed E-state index contributed by atoms with van der Waals surface area (Å²) in [7, 11) is 0. The van der Waals surface area contributed by atoms with E-state index in [1.165, 1.54) is 13.8 Å². The first kappa shape index (κ1) is 19.9. The predicted octanol–water partition coefficient (Wildman–Crippen LogP) is 0.434. The summed E-state index contributed by atoms with van der Waals surface area (Å²) >= 11 is 0. The van der Waals surface area contributed by atoms with Gasteiger partial charge in [-0.2, -0.15) is 0 Å². The Morgan fingerprint density at radius 1 is 1.17 bits per heavy atom. The van der Waals surface area contributed by atoms with E-state index in [0.717, 1.165) is 12.8 Å². The van der Waals surface area contributed by atoms with Gasteiger partial charge in [0, 0.05) is 13.1 Å². The van der Waals surface area contributed by atoms with Crippen LogP contribution in [0.1, 0.15) is 47.5 Å². The van der Waals surface area contributed by atoms with Crippen molar-refractivity contribution in [3.63, 3.8) is 0 Å². The number of ether oxygens (including phenoxy) is 2. The number of esters is 1. The van der Waals surface area contributed by atoms with Crippen molar-refractivity contribution in [2.24, 2.45) is 5.73 Å². The van der Waals surface area contributed by atoms with Crippen molar-refractivity contribution in [1.29, 1.82) is 0 Å². The highest BCUT2D eigenvalue weighted by molar-refractivity contribution is 5.82. The van der Waals surface area contributed by atoms with Gasteiger partial charge in [0.2, 0.25) is 5.91 Å². The van der Waals surface area contributed by atoms with Crippen LogP contribution in [0.4, 0.5) is 0 Å². The Morgan fingerprint density at radius 3 is 2.13 bits per heavy atom. The second-order valence-electron chi connectivity index (χ2n) is 7.53. The maximum Gasteiger partial charge on any atom is 0.332 e. The molecule has 1 aliphatic rings. The van der Waals surface area contributed by atoms with Crippen LogP contribution >= 0.6 is 0 Å². The highest BCUT2D eigenvalue weighted by atomic mass is 16.6. The molecule has 1 saturated heterocycles. The summed E-state index contributed by atoms with van der Waals surface area (Å²) in [6.45, 7) is 9.22. The van der Waals surface area contributed by atoms with Crippen molar-refractivity contribution in [3.8, 4) is 0 Å². The number of nitrogens with two attached hydrogens (primary N) is 1. The number of nitrogens with zero attached hydrogens (tertiary/aromatic N) is 1. The van der Waals surface area contributed by atoms with Crippen molar-refractivity contribution in [2.45, 2.75) is 70.8 Å². The molecule has 134 valence electrons. The molecule has 1 amide bonds. The van der Waals surface area contributed by atoms with E-state index in [1.807, 2.05) is 0 Å². The maximum absolute atomic E-state index is 12.4. The van der Waals surface area contributed by atoms with Crippen LogP contribution in [0.5, 0.6) is 0 Å². The smallest absolute Gasteiger partial charge is 0.332 e. The SMILES string of the molecule is CC(C)(C)OC(=O)COC(C(N)C(=O)N1CCCC1)C(C)(C)O. The van der Waals surface area contributed by atoms with Crippen LogP contribution in [0.2, 0.25) is 0 Å². The van der Waals surface area contributed by atoms with Crippen molar-refractivity contribution in [1.82, 2.24) is 4.90 Å². The van der Waals surface area contributed by atoms with E-state index >= 15 is 0 Å². The first-order chi connectivity index (χ1) is 10.4. The van der Waals surface area contributed by atoms with Crippen LogP contribution in [-0.4, -0.2) is 64.9 Å². The van der Waals surface area contributed by atoms with Crippen LogP contribution in [0.15, 0.2) is 0 Å². The average molecular weight is 330 g/mol. The third-order valence-electron chi connectivity index (χ3n) is 3.53. The molecule has 23 heavy (non-hydrogen) atoms. The van der Waals surface area contributed by atoms with E-state index in [2.05, 4.69) is 0 Å². The number of hydrogen-bond acceptors (Lipinski definition) is 6. The Labute approximate surface area is 138 Å². The summed E-state index contributed by atoms with van der Waals surface area (Å²) in [5.41, 5.74) is 4.02. The summed E-state index contributed by atoms with van der Waals surface area (Å²) in [5, 5.41) is 10.3. The summed E-state index contributed by atoms with van der Waals surface area (Å²) < 4.78 is 10.6. The fourth-order valence-electron chi connectivity index (χ4n) is 2.55. The summed E-state index contributed by atoms with van der Waals surface area (Å²) in [6, 6.07) is -1.03. The van der Waals surface area contributed by atoms with E-state index < -0.39 is 29.3 Å². The van der Waals surface area contributed by atoms with Crippen LogP contribution in [0, 0.1) is 0 Å². The lowest BCUT2D eigenvalue weighted by molar-refractivity contribution is -0.171. The molecule has 7 nitrogen and oxygen atoms in total. The second kappa shape index (κ2) is 7.59. The average Bonchev–Trinajstić information content (AvgIpc) is 2.87. The number of carbonyl (C=O) groups excluding carboxylic acids is 2. The molecule has 0 aliphatic carbocycles. The molecule has 1 rings (SSSR count). The van der Waals surface area contributed by atoms with Gasteiger partial charge in [0.05, 0.1) is 5.60 Å². The third-order valence-corrected chi connectivity index (χ3v) is 3.53. The monoisotopic (exact) mass is 330 g/mol. The molecule has 0 saturated carbocycles. The highest BCUT2D eigenvalue weighted by Gasteiger charge is 2.39. The predicted molar refractivity (Wildman–Crippen MR) is 85.7 cm³/mol. The quantitative estimate of drug-likeness (QED) is 0.685. The molecule has 0 spiro atoms. The first-order valence-corrected chi connectivity index (χ1v) is 8.02. The minimum Gasteiger partial charge on any atom is -0.458 e. The molecular weight excluding hydrogens is 300 g/mol. The van der Waals surface area contributed by atoms with Gasteiger partial charge in [-0.3, -0.25) is 4.79 Å². The summed E-state index contributed by atoms with van der Waals surface area (Å²) in [5.74, 6) is -0.827. The zero-order chi connectivity index (χ0) is 17.8. The van der Waals surface area contributed by atoms with Gasteiger partial charge in [-0.25, -0.2) is 4.79 Å². The van der Waals surface area contributed by atoms with Gasteiger partial charge in [0.25, 0.3) is 0 Å². The Morgan fingerprint density at radius 2 is 1.70 bits per heavy atom. The van der Waals surface area contributed by atoms with E-state index in [0.29, 0.717) is 13.1 Å². The topological polar surface area (TPSA) is 102 Å². The molecule has 2 atom stereocenters. The number of amides is 1. The van der Waals surface area contributed by atoms with Gasteiger partial charge < -0.3 is 25.2 Å². The molecule has 1 fully saturated rings. The lowest BCUT2D eigenvalue weighted by Gasteiger charge is -2.34. The Kier molecular flexibility index (Phi) is 6.56. The first-order valence-electron chi connectivity index (χ1n) is 8.02. The minimum atomic E-state index is -1.36. The molecule has 0 aromatic carbocycles. The second-order valence-corrected chi connectivity index (χ2v) is 7.53. The molecule has 0 radical (unpaired) electrons. The standard InChI is InChI=1S/C16H30N2O5/c1-15(2,3)23-11(19)10-22-13(16(4,5)21)12(17)14(20)18-8-6-7-9-18/h12-13,21H,6-10,17H2,1-5H3.